The van der Waals surface area contributed by atoms with Crippen LogP contribution in [0.1, 0.15) is 47.3 Å². The topological polar surface area (TPSA) is 36.4 Å². The monoisotopic (exact) mass is 273 g/mol. The lowest BCUT2D eigenvalue weighted by molar-refractivity contribution is 0.0792. The molecule has 0 atom stereocenters. The zero-order valence-electron chi connectivity index (χ0n) is 12.5. The number of anilines is 1. The molecule has 108 valence electrons. The smallest absolute Gasteiger partial charge is 0.257 e. The van der Waals surface area contributed by atoms with Crippen molar-refractivity contribution < 1.29 is 4.79 Å². The number of pyridine rings is 1. The number of amides is 1. The molecular formula is C16H23N3O. The Balaban J connectivity index is 2.00. The van der Waals surface area contributed by atoms with Crippen LogP contribution in [-0.2, 0) is 0 Å². The van der Waals surface area contributed by atoms with Gasteiger partial charge in [-0.25, -0.2) is 4.98 Å². The van der Waals surface area contributed by atoms with E-state index < -0.39 is 0 Å². The molecule has 0 saturated carbocycles. The molecule has 4 nitrogen and oxygen atoms in total. The zero-order chi connectivity index (χ0) is 14.1. The minimum atomic E-state index is 0.175. The summed E-state index contributed by atoms with van der Waals surface area (Å²) in [6.45, 7) is 7.89. The summed E-state index contributed by atoms with van der Waals surface area (Å²) in [5, 5.41) is 0. The van der Waals surface area contributed by atoms with Gasteiger partial charge in [0.15, 0.2) is 0 Å². The van der Waals surface area contributed by atoms with E-state index in [1.807, 2.05) is 24.8 Å². The van der Waals surface area contributed by atoms with Crippen LogP contribution < -0.4 is 4.90 Å². The third kappa shape index (κ3) is 2.39. The van der Waals surface area contributed by atoms with Crippen molar-refractivity contribution in [1.82, 2.24) is 9.88 Å². The average molecular weight is 273 g/mol. The first-order valence-electron chi connectivity index (χ1n) is 7.69. The van der Waals surface area contributed by atoms with E-state index >= 15 is 0 Å². The highest BCUT2D eigenvalue weighted by molar-refractivity contribution is 6.00. The Morgan fingerprint density at radius 1 is 1.05 bits per heavy atom. The summed E-state index contributed by atoms with van der Waals surface area (Å²) in [6.07, 6.45) is 4.66. The number of aryl methyl sites for hydroxylation is 2. The summed E-state index contributed by atoms with van der Waals surface area (Å²) >= 11 is 0. The molecule has 0 radical (unpaired) electrons. The molecule has 4 heteroatoms. The van der Waals surface area contributed by atoms with Crippen LogP contribution in [-0.4, -0.2) is 42.0 Å². The van der Waals surface area contributed by atoms with Gasteiger partial charge >= 0.3 is 0 Å². The highest BCUT2D eigenvalue weighted by atomic mass is 16.2. The van der Waals surface area contributed by atoms with Crippen molar-refractivity contribution in [2.24, 2.45) is 0 Å². The normalized spacial score (nSPS) is 18.9. The predicted molar refractivity (Wildman–Crippen MR) is 80.3 cm³/mol. The van der Waals surface area contributed by atoms with Gasteiger partial charge in [0.25, 0.3) is 5.91 Å². The van der Waals surface area contributed by atoms with E-state index in [4.69, 9.17) is 0 Å². The second-order valence-electron chi connectivity index (χ2n) is 5.97. The van der Waals surface area contributed by atoms with E-state index in [1.54, 1.807) is 0 Å². The van der Waals surface area contributed by atoms with E-state index in [1.165, 1.54) is 12.8 Å². The van der Waals surface area contributed by atoms with Gasteiger partial charge < -0.3 is 9.80 Å². The van der Waals surface area contributed by atoms with Gasteiger partial charge in [-0.1, -0.05) is 0 Å². The van der Waals surface area contributed by atoms with E-state index in [9.17, 15) is 4.79 Å². The lowest BCUT2D eigenvalue weighted by atomic mass is 10.1. The first-order valence-corrected chi connectivity index (χ1v) is 7.69. The van der Waals surface area contributed by atoms with Crippen molar-refractivity contribution in [3.63, 3.8) is 0 Å². The number of carbonyl (C=O) groups is 1. The number of rotatable bonds is 2. The maximum Gasteiger partial charge on any atom is 0.257 e. The van der Waals surface area contributed by atoms with Crippen LogP contribution in [0, 0.1) is 13.8 Å². The summed E-state index contributed by atoms with van der Waals surface area (Å²) < 4.78 is 0. The molecule has 2 fully saturated rings. The number of hydrogen-bond donors (Lipinski definition) is 0. The highest BCUT2D eigenvalue weighted by Gasteiger charge is 2.27. The van der Waals surface area contributed by atoms with Crippen molar-refractivity contribution in [2.45, 2.75) is 39.5 Å². The molecule has 0 aromatic carbocycles. The van der Waals surface area contributed by atoms with Crippen LogP contribution in [0.4, 0.5) is 5.82 Å². The lowest BCUT2D eigenvalue weighted by Gasteiger charge is -2.24. The molecule has 0 N–H and O–H groups in total. The molecule has 2 aliphatic rings. The minimum Gasteiger partial charge on any atom is -0.356 e. The Kier molecular flexibility index (Phi) is 3.64. The molecule has 1 aromatic rings. The Labute approximate surface area is 120 Å². The Morgan fingerprint density at radius 3 is 2.30 bits per heavy atom. The van der Waals surface area contributed by atoms with E-state index in [0.717, 1.165) is 61.7 Å². The summed E-state index contributed by atoms with van der Waals surface area (Å²) in [5.41, 5.74) is 2.90. The fourth-order valence-electron chi connectivity index (χ4n) is 3.32. The molecule has 3 rings (SSSR count). The number of likely N-dealkylation sites (tertiary alicyclic amines) is 1. The summed E-state index contributed by atoms with van der Waals surface area (Å²) in [6, 6.07) is 2.03. The molecule has 0 spiro atoms. The lowest BCUT2D eigenvalue weighted by Crippen LogP contribution is -2.31. The highest BCUT2D eigenvalue weighted by Crippen LogP contribution is 2.28. The van der Waals surface area contributed by atoms with Crippen molar-refractivity contribution in [2.75, 3.05) is 31.1 Å². The maximum absolute atomic E-state index is 12.8. The van der Waals surface area contributed by atoms with Gasteiger partial charge in [0.1, 0.15) is 5.82 Å². The fraction of sp³-hybridized carbons (Fsp3) is 0.625. The van der Waals surface area contributed by atoms with Gasteiger partial charge in [0.2, 0.25) is 0 Å². The SMILES string of the molecule is Cc1cc(C)c(C(=O)N2CCCC2)c(N2CCCC2)n1. The molecule has 1 amide bonds. The zero-order valence-corrected chi connectivity index (χ0v) is 12.5. The van der Waals surface area contributed by atoms with E-state index in [0.29, 0.717) is 0 Å². The standard InChI is InChI=1S/C16H23N3O/c1-12-11-13(2)17-15(18-7-3-4-8-18)14(12)16(20)19-9-5-6-10-19/h11H,3-10H2,1-2H3. The van der Waals surface area contributed by atoms with Gasteiger partial charge in [-0.3, -0.25) is 4.79 Å². The molecule has 3 heterocycles. The van der Waals surface area contributed by atoms with Gasteiger partial charge in [-0.2, -0.15) is 0 Å². The van der Waals surface area contributed by atoms with Crippen molar-refractivity contribution in [3.8, 4) is 0 Å². The van der Waals surface area contributed by atoms with Crippen LogP contribution in [0.25, 0.3) is 0 Å². The quantitative estimate of drug-likeness (QED) is 0.831. The summed E-state index contributed by atoms with van der Waals surface area (Å²) in [5.74, 6) is 1.09. The summed E-state index contributed by atoms with van der Waals surface area (Å²) in [4.78, 5) is 21.8. The van der Waals surface area contributed by atoms with Crippen LogP contribution in [0.15, 0.2) is 6.07 Å². The average Bonchev–Trinajstić information content (AvgIpc) is 3.11. The molecule has 20 heavy (non-hydrogen) atoms. The third-order valence-electron chi connectivity index (χ3n) is 4.34. The van der Waals surface area contributed by atoms with Crippen molar-refractivity contribution in [1.29, 1.82) is 0 Å². The van der Waals surface area contributed by atoms with Gasteiger partial charge in [-0.05, 0) is 51.2 Å². The number of aromatic nitrogens is 1. The Bertz CT molecular complexity index is 515. The Morgan fingerprint density at radius 2 is 1.65 bits per heavy atom. The molecule has 0 bridgehead atoms. The third-order valence-corrected chi connectivity index (χ3v) is 4.34. The first kappa shape index (κ1) is 13.4. The van der Waals surface area contributed by atoms with E-state index in [-0.39, 0.29) is 5.91 Å². The second kappa shape index (κ2) is 5.43. The molecule has 0 unspecified atom stereocenters. The number of nitrogens with zero attached hydrogens (tertiary/aromatic N) is 3. The van der Waals surface area contributed by atoms with Crippen LogP contribution in [0.5, 0.6) is 0 Å². The van der Waals surface area contributed by atoms with Crippen LogP contribution in [0.3, 0.4) is 0 Å². The minimum absolute atomic E-state index is 0.175. The maximum atomic E-state index is 12.8. The molecule has 1 aromatic heterocycles. The Hall–Kier alpha value is -1.58. The molecule has 2 aliphatic heterocycles. The number of hydrogen-bond acceptors (Lipinski definition) is 3. The fourth-order valence-corrected chi connectivity index (χ4v) is 3.32. The first-order chi connectivity index (χ1) is 9.66. The van der Waals surface area contributed by atoms with Gasteiger partial charge in [-0.15, -0.1) is 0 Å². The molecular weight excluding hydrogens is 250 g/mol. The van der Waals surface area contributed by atoms with Crippen molar-refractivity contribution >= 4 is 11.7 Å². The van der Waals surface area contributed by atoms with Gasteiger partial charge in [0, 0.05) is 31.9 Å². The van der Waals surface area contributed by atoms with Crippen LogP contribution in [0.2, 0.25) is 0 Å². The summed E-state index contributed by atoms with van der Waals surface area (Å²) in [7, 11) is 0. The predicted octanol–water partition coefficient (Wildman–Crippen LogP) is 2.53. The number of carbonyl (C=O) groups excluding carboxylic acids is 1. The largest absolute Gasteiger partial charge is 0.356 e. The molecule has 2 saturated heterocycles. The van der Waals surface area contributed by atoms with Gasteiger partial charge in [0.05, 0.1) is 5.56 Å². The van der Waals surface area contributed by atoms with E-state index in [2.05, 4.69) is 9.88 Å². The van der Waals surface area contributed by atoms with Crippen molar-refractivity contribution in [3.05, 3.63) is 22.9 Å². The van der Waals surface area contributed by atoms with Crippen LogP contribution >= 0.6 is 0 Å². The second-order valence-corrected chi connectivity index (χ2v) is 5.97. The molecule has 0 aliphatic carbocycles.